The Labute approximate surface area is 174 Å². The first-order chi connectivity index (χ1) is 14.1. The number of hydrogen-bond donors (Lipinski definition) is 0. The molecule has 1 aromatic rings. The van der Waals surface area contributed by atoms with Gasteiger partial charge in [0, 0.05) is 31.6 Å². The van der Waals surface area contributed by atoms with Crippen LogP contribution in [0.3, 0.4) is 0 Å². The van der Waals surface area contributed by atoms with E-state index < -0.39 is 0 Å². The second-order valence-corrected chi connectivity index (χ2v) is 10.7. The predicted molar refractivity (Wildman–Crippen MR) is 113 cm³/mol. The molecule has 5 heteroatoms. The number of amides is 1. The van der Waals surface area contributed by atoms with Gasteiger partial charge in [0.05, 0.1) is 17.7 Å². The van der Waals surface area contributed by atoms with Gasteiger partial charge in [0.15, 0.2) is 0 Å². The molecule has 7 rings (SSSR count). The van der Waals surface area contributed by atoms with E-state index in [0.717, 1.165) is 81.3 Å². The van der Waals surface area contributed by atoms with Gasteiger partial charge in [-0.2, -0.15) is 0 Å². The van der Waals surface area contributed by atoms with Gasteiger partial charge in [-0.1, -0.05) is 0 Å². The minimum absolute atomic E-state index is 0.0386. The highest BCUT2D eigenvalue weighted by atomic mass is 16.2. The molecule has 1 aromatic heterocycles. The summed E-state index contributed by atoms with van der Waals surface area (Å²) in [7, 11) is 0. The average molecular weight is 395 g/mol. The molecule has 0 atom stereocenters. The SMILES string of the molecule is Cc1nc2c(c(N3CCCCC3)n1)CN(C(=O)C13CC4CC(CC(C4)C1)C3)CC2. The standard InChI is InChI=1S/C24H34N4O/c1-16-25-21-5-8-28(15-20(21)22(26-16)27-6-3-2-4-7-27)23(29)24-12-17-9-18(13-24)11-19(10-17)14-24/h17-19H,2-15H2,1H3. The van der Waals surface area contributed by atoms with Crippen molar-refractivity contribution in [3.05, 3.63) is 17.1 Å². The smallest absolute Gasteiger partial charge is 0.229 e. The fourth-order valence-electron chi connectivity index (χ4n) is 7.77. The zero-order valence-electron chi connectivity index (χ0n) is 17.8. The molecule has 2 aliphatic heterocycles. The van der Waals surface area contributed by atoms with E-state index in [4.69, 9.17) is 9.97 Å². The van der Waals surface area contributed by atoms with Gasteiger partial charge in [0.25, 0.3) is 0 Å². The molecule has 0 radical (unpaired) electrons. The zero-order chi connectivity index (χ0) is 19.6. The van der Waals surface area contributed by atoms with Gasteiger partial charge in [0.1, 0.15) is 11.6 Å². The summed E-state index contributed by atoms with van der Waals surface area (Å²) in [5, 5.41) is 0. The van der Waals surface area contributed by atoms with Crippen LogP contribution in [-0.2, 0) is 17.8 Å². The summed E-state index contributed by atoms with van der Waals surface area (Å²) in [5.41, 5.74) is 2.39. The number of piperidine rings is 1. The lowest BCUT2D eigenvalue weighted by Gasteiger charge is -2.56. The second-order valence-electron chi connectivity index (χ2n) is 10.7. The Morgan fingerprint density at radius 1 is 0.931 bits per heavy atom. The van der Waals surface area contributed by atoms with E-state index in [1.165, 1.54) is 49.8 Å². The van der Waals surface area contributed by atoms with Crippen molar-refractivity contribution in [3.63, 3.8) is 0 Å². The van der Waals surface area contributed by atoms with E-state index in [9.17, 15) is 4.79 Å². The van der Waals surface area contributed by atoms with Crippen molar-refractivity contribution in [2.24, 2.45) is 23.2 Å². The van der Waals surface area contributed by atoms with Crippen molar-refractivity contribution < 1.29 is 4.79 Å². The molecule has 29 heavy (non-hydrogen) atoms. The molecular formula is C24H34N4O. The number of nitrogens with zero attached hydrogens (tertiary/aromatic N) is 4. The summed E-state index contributed by atoms with van der Waals surface area (Å²) >= 11 is 0. The molecule has 3 heterocycles. The van der Waals surface area contributed by atoms with Crippen LogP contribution in [0.2, 0.25) is 0 Å². The van der Waals surface area contributed by atoms with Crippen molar-refractivity contribution in [1.29, 1.82) is 0 Å². The van der Waals surface area contributed by atoms with Gasteiger partial charge < -0.3 is 9.80 Å². The molecule has 1 amide bonds. The number of carbonyl (C=O) groups excluding carboxylic acids is 1. The normalized spacial score (nSPS) is 35.7. The number of hydrogen-bond acceptors (Lipinski definition) is 4. The lowest BCUT2D eigenvalue weighted by molar-refractivity contribution is -0.158. The van der Waals surface area contributed by atoms with Crippen molar-refractivity contribution in [3.8, 4) is 0 Å². The lowest BCUT2D eigenvalue weighted by Crippen LogP contribution is -2.55. The monoisotopic (exact) mass is 394 g/mol. The van der Waals surface area contributed by atoms with E-state index in [2.05, 4.69) is 9.80 Å². The first kappa shape index (κ1) is 18.1. The van der Waals surface area contributed by atoms with Crippen LogP contribution >= 0.6 is 0 Å². The Balaban J connectivity index is 1.29. The third-order valence-electron chi connectivity index (χ3n) is 8.58. The van der Waals surface area contributed by atoms with Crippen LogP contribution in [0.1, 0.15) is 74.9 Å². The number of aromatic nitrogens is 2. The maximum absolute atomic E-state index is 13.9. The van der Waals surface area contributed by atoms with Crippen LogP contribution < -0.4 is 4.90 Å². The molecular weight excluding hydrogens is 360 g/mol. The molecule has 4 saturated carbocycles. The zero-order valence-corrected chi connectivity index (χ0v) is 17.8. The molecule has 4 aliphatic carbocycles. The van der Waals surface area contributed by atoms with Crippen LogP contribution in [0.15, 0.2) is 0 Å². The maximum Gasteiger partial charge on any atom is 0.229 e. The summed E-state index contributed by atoms with van der Waals surface area (Å²) in [6.45, 7) is 5.75. The van der Waals surface area contributed by atoms with Crippen molar-refractivity contribution in [2.45, 2.75) is 77.7 Å². The Bertz CT molecular complexity index is 793. The number of carbonyl (C=O) groups is 1. The van der Waals surface area contributed by atoms with E-state index >= 15 is 0 Å². The summed E-state index contributed by atoms with van der Waals surface area (Å²) in [6.07, 6.45) is 12.3. The highest BCUT2D eigenvalue weighted by molar-refractivity contribution is 5.83. The minimum atomic E-state index is -0.0386. The minimum Gasteiger partial charge on any atom is -0.356 e. The van der Waals surface area contributed by atoms with Crippen molar-refractivity contribution in [1.82, 2.24) is 14.9 Å². The highest BCUT2D eigenvalue weighted by Crippen LogP contribution is 2.60. The van der Waals surface area contributed by atoms with Gasteiger partial charge >= 0.3 is 0 Å². The molecule has 0 N–H and O–H groups in total. The number of anilines is 1. The number of aryl methyl sites for hydroxylation is 1. The highest BCUT2D eigenvalue weighted by Gasteiger charge is 2.55. The third-order valence-corrected chi connectivity index (χ3v) is 8.58. The van der Waals surface area contributed by atoms with Crippen LogP contribution in [0.4, 0.5) is 5.82 Å². The van der Waals surface area contributed by atoms with Crippen LogP contribution in [-0.4, -0.2) is 40.4 Å². The molecule has 0 spiro atoms. The second kappa shape index (κ2) is 6.68. The number of fused-ring (bicyclic) bond motifs is 1. The summed E-state index contributed by atoms with van der Waals surface area (Å²) in [4.78, 5) is 28.2. The molecule has 0 aromatic carbocycles. The van der Waals surface area contributed by atoms with Crippen LogP contribution in [0.25, 0.3) is 0 Å². The molecule has 156 valence electrons. The Morgan fingerprint density at radius 2 is 1.59 bits per heavy atom. The summed E-state index contributed by atoms with van der Waals surface area (Å²) in [5.74, 6) is 4.92. The van der Waals surface area contributed by atoms with Gasteiger partial charge in [-0.3, -0.25) is 4.79 Å². The van der Waals surface area contributed by atoms with Gasteiger partial charge in [0.2, 0.25) is 5.91 Å². The van der Waals surface area contributed by atoms with Crippen molar-refractivity contribution in [2.75, 3.05) is 24.5 Å². The quantitative estimate of drug-likeness (QED) is 0.764. The van der Waals surface area contributed by atoms with E-state index in [1.807, 2.05) is 6.92 Å². The fourth-order valence-corrected chi connectivity index (χ4v) is 7.77. The third kappa shape index (κ3) is 2.98. The maximum atomic E-state index is 13.9. The van der Waals surface area contributed by atoms with Crippen molar-refractivity contribution >= 4 is 11.7 Å². The van der Waals surface area contributed by atoms with Crippen LogP contribution in [0, 0.1) is 30.1 Å². The number of rotatable bonds is 2. The average Bonchev–Trinajstić information content (AvgIpc) is 2.72. The fraction of sp³-hybridized carbons (Fsp3) is 0.792. The molecule has 0 unspecified atom stereocenters. The van der Waals surface area contributed by atoms with E-state index in [0.29, 0.717) is 5.91 Å². The summed E-state index contributed by atoms with van der Waals surface area (Å²) in [6, 6.07) is 0. The Kier molecular flexibility index (Phi) is 4.18. The molecule has 6 aliphatic rings. The van der Waals surface area contributed by atoms with Gasteiger partial charge in [-0.15, -0.1) is 0 Å². The lowest BCUT2D eigenvalue weighted by atomic mass is 9.49. The van der Waals surface area contributed by atoms with Gasteiger partial charge in [-0.25, -0.2) is 9.97 Å². The topological polar surface area (TPSA) is 49.3 Å². The first-order valence-electron chi connectivity index (χ1n) is 12.0. The predicted octanol–water partition coefficient (Wildman–Crippen LogP) is 3.88. The van der Waals surface area contributed by atoms with E-state index in [1.54, 1.807) is 0 Å². The van der Waals surface area contributed by atoms with E-state index in [-0.39, 0.29) is 5.41 Å². The Hall–Kier alpha value is -1.65. The largest absolute Gasteiger partial charge is 0.356 e. The molecule has 4 bridgehead atoms. The molecule has 5 nitrogen and oxygen atoms in total. The summed E-state index contributed by atoms with van der Waals surface area (Å²) < 4.78 is 0. The Morgan fingerprint density at radius 3 is 2.24 bits per heavy atom. The molecule has 5 fully saturated rings. The first-order valence-corrected chi connectivity index (χ1v) is 12.0. The molecule has 1 saturated heterocycles. The van der Waals surface area contributed by atoms with Crippen LogP contribution in [0.5, 0.6) is 0 Å². The van der Waals surface area contributed by atoms with Gasteiger partial charge in [-0.05, 0) is 82.5 Å².